The largest absolute Gasteiger partial charge is 0.500 e. The molecule has 10 heteroatoms. The second kappa shape index (κ2) is 9.85. The standard InChI is InChI=1S/C15H20N4O6/c1-3-5-6-16-14(21)15(22)18-17-9-10-7-11(19(23)24)13(20)12(8-10)25-4-2/h7-9,20H,3-6H2,1-2H3,(H,16,21)(H,18,22)/b17-9+. The summed E-state index contributed by atoms with van der Waals surface area (Å²) in [5, 5.41) is 26.7. The molecule has 0 fully saturated rings. The van der Waals surface area contributed by atoms with Gasteiger partial charge in [0.2, 0.25) is 5.75 Å². The number of phenolic OH excluding ortho intramolecular Hbond substituents is 1. The summed E-state index contributed by atoms with van der Waals surface area (Å²) in [6, 6.07) is 2.39. The molecule has 136 valence electrons. The Hall–Kier alpha value is -3.17. The van der Waals surface area contributed by atoms with Crippen molar-refractivity contribution in [1.82, 2.24) is 10.7 Å². The van der Waals surface area contributed by atoms with Crippen LogP contribution in [0.5, 0.6) is 11.5 Å². The highest BCUT2D eigenvalue weighted by atomic mass is 16.6. The minimum atomic E-state index is -0.953. The summed E-state index contributed by atoms with van der Waals surface area (Å²) < 4.78 is 5.12. The molecule has 3 N–H and O–H groups in total. The Morgan fingerprint density at radius 3 is 2.68 bits per heavy atom. The number of hydrogen-bond acceptors (Lipinski definition) is 7. The summed E-state index contributed by atoms with van der Waals surface area (Å²) in [5.74, 6) is -2.45. The monoisotopic (exact) mass is 352 g/mol. The van der Waals surface area contributed by atoms with Crippen LogP contribution in [0.4, 0.5) is 5.69 Å². The summed E-state index contributed by atoms with van der Waals surface area (Å²) in [6.07, 6.45) is 2.73. The SMILES string of the molecule is CCCCNC(=O)C(=O)N/N=C/c1cc(OCC)c(O)c([N+](=O)[O-])c1. The van der Waals surface area contributed by atoms with E-state index >= 15 is 0 Å². The molecule has 0 saturated carbocycles. The van der Waals surface area contributed by atoms with Gasteiger partial charge in [-0.05, 0) is 19.4 Å². The molecular formula is C15H20N4O6. The van der Waals surface area contributed by atoms with Crippen molar-refractivity contribution in [2.24, 2.45) is 5.10 Å². The first-order chi connectivity index (χ1) is 11.9. The van der Waals surface area contributed by atoms with Crippen molar-refractivity contribution >= 4 is 23.7 Å². The van der Waals surface area contributed by atoms with E-state index in [4.69, 9.17) is 4.74 Å². The van der Waals surface area contributed by atoms with Crippen molar-refractivity contribution in [1.29, 1.82) is 0 Å². The minimum absolute atomic E-state index is 0.0817. The highest BCUT2D eigenvalue weighted by Gasteiger charge is 2.19. The summed E-state index contributed by atoms with van der Waals surface area (Å²) in [6.45, 7) is 4.18. The van der Waals surface area contributed by atoms with E-state index in [2.05, 4.69) is 10.4 Å². The number of ether oxygens (including phenoxy) is 1. The fourth-order valence-corrected chi connectivity index (χ4v) is 1.77. The fourth-order valence-electron chi connectivity index (χ4n) is 1.77. The number of carbonyl (C=O) groups excluding carboxylic acids is 2. The molecule has 0 unspecified atom stereocenters. The van der Waals surface area contributed by atoms with Crippen LogP contribution in [-0.2, 0) is 9.59 Å². The molecule has 0 atom stereocenters. The van der Waals surface area contributed by atoms with Crippen LogP contribution in [0.3, 0.4) is 0 Å². The molecule has 0 heterocycles. The van der Waals surface area contributed by atoms with Gasteiger partial charge in [-0.2, -0.15) is 5.10 Å². The zero-order chi connectivity index (χ0) is 18.8. The van der Waals surface area contributed by atoms with Crippen LogP contribution in [0.15, 0.2) is 17.2 Å². The van der Waals surface area contributed by atoms with Gasteiger partial charge in [0.25, 0.3) is 0 Å². The van der Waals surface area contributed by atoms with E-state index in [1.54, 1.807) is 6.92 Å². The van der Waals surface area contributed by atoms with Gasteiger partial charge in [-0.1, -0.05) is 13.3 Å². The van der Waals surface area contributed by atoms with Crippen molar-refractivity contribution in [3.63, 3.8) is 0 Å². The van der Waals surface area contributed by atoms with Gasteiger partial charge in [-0.25, -0.2) is 5.43 Å². The predicted octanol–water partition coefficient (Wildman–Crippen LogP) is 1.07. The quantitative estimate of drug-likeness (QED) is 0.210. The van der Waals surface area contributed by atoms with Gasteiger partial charge in [0, 0.05) is 18.2 Å². The number of amides is 2. The number of hydrogen-bond donors (Lipinski definition) is 3. The molecule has 10 nitrogen and oxygen atoms in total. The number of benzene rings is 1. The molecule has 1 rings (SSSR count). The van der Waals surface area contributed by atoms with Crippen LogP contribution in [-0.4, -0.2) is 41.2 Å². The molecule has 2 amide bonds. The zero-order valence-corrected chi connectivity index (χ0v) is 13.9. The number of carbonyl (C=O) groups is 2. The van der Waals surface area contributed by atoms with Crippen LogP contribution in [0, 0.1) is 10.1 Å². The highest BCUT2D eigenvalue weighted by Crippen LogP contribution is 2.36. The maximum Gasteiger partial charge on any atom is 0.329 e. The van der Waals surface area contributed by atoms with E-state index in [0.717, 1.165) is 25.1 Å². The molecule has 1 aromatic carbocycles. The number of nitrogens with one attached hydrogen (secondary N) is 2. The second-order valence-electron chi connectivity index (χ2n) is 4.89. The highest BCUT2D eigenvalue weighted by molar-refractivity contribution is 6.35. The summed E-state index contributed by atoms with van der Waals surface area (Å²) in [4.78, 5) is 33.1. The van der Waals surface area contributed by atoms with Crippen molar-refractivity contribution in [2.45, 2.75) is 26.7 Å². The van der Waals surface area contributed by atoms with Crippen LogP contribution in [0.2, 0.25) is 0 Å². The molecule has 0 aliphatic heterocycles. The van der Waals surface area contributed by atoms with E-state index in [1.807, 2.05) is 12.3 Å². The number of hydrazone groups is 1. The molecule has 25 heavy (non-hydrogen) atoms. The fraction of sp³-hybridized carbons (Fsp3) is 0.400. The molecule has 0 aromatic heterocycles. The lowest BCUT2D eigenvalue weighted by Crippen LogP contribution is -2.38. The Morgan fingerprint density at radius 2 is 2.08 bits per heavy atom. The van der Waals surface area contributed by atoms with Gasteiger partial charge < -0.3 is 15.2 Å². The van der Waals surface area contributed by atoms with Gasteiger partial charge in [0.1, 0.15) is 0 Å². The molecule has 0 aliphatic carbocycles. The van der Waals surface area contributed by atoms with Crippen LogP contribution in [0.1, 0.15) is 32.3 Å². The maximum absolute atomic E-state index is 11.5. The van der Waals surface area contributed by atoms with Crippen molar-refractivity contribution in [2.75, 3.05) is 13.2 Å². The third kappa shape index (κ3) is 6.09. The van der Waals surface area contributed by atoms with E-state index in [-0.39, 0.29) is 17.9 Å². The minimum Gasteiger partial charge on any atom is -0.500 e. The molecule has 0 bridgehead atoms. The lowest BCUT2D eigenvalue weighted by molar-refractivity contribution is -0.386. The number of aromatic hydroxyl groups is 1. The van der Waals surface area contributed by atoms with Crippen LogP contribution < -0.4 is 15.5 Å². The lowest BCUT2D eigenvalue weighted by Gasteiger charge is -2.07. The number of nitro benzene ring substituents is 1. The average Bonchev–Trinajstić information content (AvgIpc) is 2.57. The van der Waals surface area contributed by atoms with Gasteiger partial charge in [0.15, 0.2) is 5.75 Å². The summed E-state index contributed by atoms with van der Waals surface area (Å²) in [7, 11) is 0. The maximum atomic E-state index is 11.5. The number of phenols is 1. The van der Waals surface area contributed by atoms with Gasteiger partial charge in [-0.15, -0.1) is 0 Å². The summed E-state index contributed by atoms with van der Waals surface area (Å²) >= 11 is 0. The third-order valence-electron chi connectivity index (χ3n) is 2.98. The molecular weight excluding hydrogens is 332 g/mol. The topological polar surface area (TPSA) is 143 Å². The first-order valence-corrected chi connectivity index (χ1v) is 7.66. The lowest BCUT2D eigenvalue weighted by atomic mass is 10.2. The Kier molecular flexibility index (Phi) is 7.83. The van der Waals surface area contributed by atoms with E-state index in [1.165, 1.54) is 6.07 Å². The van der Waals surface area contributed by atoms with Crippen LogP contribution >= 0.6 is 0 Å². The predicted molar refractivity (Wildman–Crippen MR) is 89.6 cm³/mol. The number of unbranched alkanes of at least 4 members (excludes halogenated alkanes) is 1. The molecule has 1 aromatic rings. The second-order valence-corrected chi connectivity index (χ2v) is 4.89. The van der Waals surface area contributed by atoms with E-state index < -0.39 is 28.2 Å². The van der Waals surface area contributed by atoms with Gasteiger partial charge in [0.05, 0.1) is 17.7 Å². The summed E-state index contributed by atoms with van der Waals surface area (Å²) in [5.41, 5.74) is 1.67. The van der Waals surface area contributed by atoms with E-state index in [9.17, 15) is 24.8 Å². The Morgan fingerprint density at radius 1 is 1.36 bits per heavy atom. The average molecular weight is 352 g/mol. The first kappa shape index (κ1) is 19.9. The number of nitrogens with zero attached hydrogens (tertiary/aromatic N) is 2. The Balaban J connectivity index is 2.81. The van der Waals surface area contributed by atoms with Crippen molar-refractivity contribution < 1.29 is 24.4 Å². The molecule has 0 spiro atoms. The zero-order valence-electron chi connectivity index (χ0n) is 13.9. The van der Waals surface area contributed by atoms with Crippen molar-refractivity contribution in [3.05, 3.63) is 27.8 Å². The van der Waals surface area contributed by atoms with Crippen molar-refractivity contribution in [3.8, 4) is 11.5 Å². The van der Waals surface area contributed by atoms with Crippen LogP contribution in [0.25, 0.3) is 0 Å². The van der Waals surface area contributed by atoms with Gasteiger partial charge in [-0.3, -0.25) is 19.7 Å². The molecule has 0 saturated heterocycles. The normalized spacial score (nSPS) is 10.5. The third-order valence-corrected chi connectivity index (χ3v) is 2.98. The molecule has 0 aliphatic rings. The Labute approximate surface area is 144 Å². The number of rotatable bonds is 8. The first-order valence-electron chi connectivity index (χ1n) is 7.66. The Bertz CT molecular complexity index is 674. The van der Waals surface area contributed by atoms with Gasteiger partial charge >= 0.3 is 17.5 Å². The number of nitro groups is 1. The van der Waals surface area contributed by atoms with E-state index in [0.29, 0.717) is 6.54 Å². The molecule has 0 radical (unpaired) electrons. The smallest absolute Gasteiger partial charge is 0.329 e.